The first kappa shape index (κ1) is 24.3. The largest absolute Gasteiger partial charge is 0.348 e. The van der Waals surface area contributed by atoms with Crippen LogP contribution in [-0.2, 0) is 24.2 Å². The highest BCUT2D eigenvalue weighted by molar-refractivity contribution is 7.99. The maximum Gasteiger partial charge on any atom is 0.286 e. The average Bonchev–Trinajstić information content (AvgIpc) is 3.52. The predicted octanol–water partition coefficient (Wildman–Crippen LogP) is 5.65. The van der Waals surface area contributed by atoms with Crippen molar-refractivity contribution in [3.8, 4) is 11.4 Å². The summed E-state index contributed by atoms with van der Waals surface area (Å²) in [6.07, 6.45) is 3.94. The fraction of sp³-hybridized carbons (Fsp3) is 0.259. The number of aryl methyl sites for hydroxylation is 2. The van der Waals surface area contributed by atoms with Crippen molar-refractivity contribution in [2.45, 2.75) is 44.4 Å². The number of amides is 2. The van der Waals surface area contributed by atoms with Crippen molar-refractivity contribution in [3.05, 3.63) is 81.7 Å². The smallest absolute Gasteiger partial charge is 0.286 e. The number of hydrogen-bond acceptors (Lipinski definition) is 7. The van der Waals surface area contributed by atoms with Gasteiger partial charge in [0.1, 0.15) is 5.00 Å². The zero-order chi connectivity index (χ0) is 24.9. The number of nitrogens with zero attached hydrogens (tertiary/aromatic N) is 2. The molecule has 5 rings (SSSR count). The lowest BCUT2D eigenvalue weighted by Gasteiger charge is -2.13. The molecule has 2 aromatic carbocycles. The lowest BCUT2D eigenvalue weighted by atomic mass is 9.95. The number of hydrogen-bond donors (Lipinski definition) is 2. The number of thiophene rings is 1. The van der Waals surface area contributed by atoms with Crippen molar-refractivity contribution >= 4 is 39.9 Å². The first-order chi connectivity index (χ1) is 17.6. The molecule has 0 unspecified atom stereocenters. The van der Waals surface area contributed by atoms with E-state index < -0.39 is 0 Å². The van der Waals surface area contributed by atoms with Crippen LogP contribution < -0.4 is 10.6 Å². The third-order valence-corrected chi connectivity index (χ3v) is 8.02. The normalized spacial score (nSPS) is 12.7. The summed E-state index contributed by atoms with van der Waals surface area (Å²) in [7, 11) is 0. The average molecular weight is 519 g/mol. The lowest BCUT2D eigenvalue weighted by molar-refractivity contribution is -0.113. The number of rotatable bonds is 8. The topological polar surface area (TPSA) is 97.1 Å². The SMILES string of the molecule is Cc1ccc(-c2noc(SCC(=O)Nc3sc4c(c3C(=O)NCc3ccccc3)CCCC4)n2)cc1. The fourth-order valence-corrected chi connectivity index (χ4v) is 6.01. The molecule has 7 nitrogen and oxygen atoms in total. The molecule has 2 N–H and O–H groups in total. The van der Waals surface area contributed by atoms with E-state index >= 15 is 0 Å². The van der Waals surface area contributed by atoms with Gasteiger partial charge in [0.2, 0.25) is 11.7 Å². The van der Waals surface area contributed by atoms with Crippen molar-refractivity contribution in [2.75, 3.05) is 11.1 Å². The summed E-state index contributed by atoms with van der Waals surface area (Å²) >= 11 is 2.69. The molecule has 0 radical (unpaired) electrons. The summed E-state index contributed by atoms with van der Waals surface area (Å²) in [4.78, 5) is 31.6. The lowest BCUT2D eigenvalue weighted by Crippen LogP contribution is -2.25. The number of fused-ring (bicyclic) bond motifs is 1. The standard InChI is InChI=1S/C27H26N4O3S2/c1-17-11-13-19(14-12-17)24-30-27(34-31-24)35-16-22(32)29-26-23(20-9-5-6-10-21(20)36-26)25(33)28-15-18-7-3-2-4-8-18/h2-4,7-8,11-14H,5-6,9-10,15-16H2,1H3,(H,28,33)(H,29,32). The van der Waals surface area contributed by atoms with Gasteiger partial charge in [-0.3, -0.25) is 9.59 Å². The minimum absolute atomic E-state index is 0.100. The molecule has 4 aromatic rings. The molecule has 2 amide bonds. The van der Waals surface area contributed by atoms with Crippen molar-refractivity contribution in [1.29, 1.82) is 0 Å². The van der Waals surface area contributed by atoms with Crippen LogP contribution >= 0.6 is 23.1 Å². The maximum absolute atomic E-state index is 13.2. The molecule has 0 saturated heterocycles. The summed E-state index contributed by atoms with van der Waals surface area (Å²) < 4.78 is 5.31. The van der Waals surface area contributed by atoms with E-state index in [4.69, 9.17) is 4.52 Å². The summed E-state index contributed by atoms with van der Waals surface area (Å²) in [6, 6.07) is 17.6. The fourth-order valence-electron chi connectivity index (χ4n) is 4.14. The Morgan fingerprint density at radius 2 is 1.83 bits per heavy atom. The van der Waals surface area contributed by atoms with Gasteiger partial charge >= 0.3 is 0 Å². The highest BCUT2D eigenvalue weighted by Crippen LogP contribution is 2.38. The quantitative estimate of drug-likeness (QED) is 0.293. The first-order valence-corrected chi connectivity index (χ1v) is 13.7. The number of anilines is 1. The molecule has 0 fully saturated rings. The molecular formula is C27H26N4O3S2. The summed E-state index contributed by atoms with van der Waals surface area (Å²) in [5.74, 6) is 0.219. The number of thioether (sulfide) groups is 1. The van der Waals surface area contributed by atoms with Gasteiger partial charge in [0, 0.05) is 17.0 Å². The highest BCUT2D eigenvalue weighted by atomic mass is 32.2. The Kier molecular flexibility index (Phi) is 7.48. The molecule has 0 aliphatic heterocycles. The highest BCUT2D eigenvalue weighted by Gasteiger charge is 2.26. The van der Waals surface area contributed by atoms with Crippen LogP contribution in [-0.4, -0.2) is 27.7 Å². The van der Waals surface area contributed by atoms with Crippen LogP contribution in [0.25, 0.3) is 11.4 Å². The number of nitrogens with one attached hydrogen (secondary N) is 2. The van der Waals surface area contributed by atoms with Crippen LogP contribution in [0, 0.1) is 6.92 Å². The Hall–Kier alpha value is -3.43. The minimum Gasteiger partial charge on any atom is -0.348 e. The molecule has 9 heteroatoms. The van der Waals surface area contributed by atoms with Gasteiger partial charge in [-0.05, 0) is 43.7 Å². The van der Waals surface area contributed by atoms with E-state index in [0.29, 0.717) is 28.2 Å². The van der Waals surface area contributed by atoms with Crippen molar-refractivity contribution < 1.29 is 14.1 Å². The molecule has 1 aliphatic carbocycles. The third kappa shape index (κ3) is 5.68. The van der Waals surface area contributed by atoms with Gasteiger partial charge in [-0.1, -0.05) is 77.1 Å². The summed E-state index contributed by atoms with van der Waals surface area (Å²) in [6.45, 7) is 2.45. The van der Waals surface area contributed by atoms with E-state index in [1.165, 1.54) is 28.0 Å². The summed E-state index contributed by atoms with van der Waals surface area (Å²) in [5, 5.41) is 10.9. The second kappa shape index (κ2) is 11.1. The van der Waals surface area contributed by atoms with E-state index in [-0.39, 0.29) is 17.6 Å². The van der Waals surface area contributed by atoms with E-state index in [9.17, 15) is 9.59 Å². The molecule has 0 spiro atoms. The van der Waals surface area contributed by atoms with Crippen LogP contribution in [0.4, 0.5) is 5.00 Å². The molecule has 2 aromatic heterocycles. The van der Waals surface area contributed by atoms with Crippen LogP contribution in [0.3, 0.4) is 0 Å². The zero-order valence-electron chi connectivity index (χ0n) is 19.9. The first-order valence-electron chi connectivity index (χ1n) is 11.9. The van der Waals surface area contributed by atoms with Crippen LogP contribution in [0.2, 0.25) is 0 Å². The molecule has 0 atom stereocenters. The number of benzene rings is 2. The van der Waals surface area contributed by atoms with E-state index in [1.807, 2.05) is 61.5 Å². The Morgan fingerprint density at radius 1 is 1.06 bits per heavy atom. The predicted molar refractivity (Wildman–Crippen MR) is 142 cm³/mol. The van der Waals surface area contributed by atoms with Gasteiger partial charge < -0.3 is 15.2 Å². The van der Waals surface area contributed by atoms with Crippen molar-refractivity contribution in [3.63, 3.8) is 0 Å². The molecule has 1 aliphatic rings. The molecule has 36 heavy (non-hydrogen) atoms. The maximum atomic E-state index is 13.2. The Balaban J connectivity index is 1.24. The van der Waals surface area contributed by atoms with Crippen LogP contribution in [0.15, 0.2) is 64.3 Å². The molecular weight excluding hydrogens is 492 g/mol. The van der Waals surface area contributed by atoms with E-state index in [2.05, 4.69) is 20.8 Å². The Morgan fingerprint density at radius 3 is 2.64 bits per heavy atom. The zero-order valence-corrected chi connectivity index (χ0v) is 21.5. The second-order valence-electron chi connectivity index (χ2n) is 8.67. The van der Waals surface area contributed by atoms with Gasteiger partial charge in [-0.15, -0.1) is 11.3 Å². The van der Waals surface area contributed by atoms with Crippen LogP contribution in [0.5, 0.6) is 0 Å². The van der Waals surface area contributed by atoms with Gasteiger partial charge in [-0.25, -0.2) is 0 Å². The number of carbonyl (C=O) groups excluding carboxylic acids is 2. The molecule has 0 saturated carbocycles. The van der Waals surface area contributed by atoms with Gasteiger partial charge in [0.15, 0.2) is 0 Å². The Labute approximate surface area is 217 Å². The van der Waals surface area contributed by atoms with Gasteiger partial charge in [-0.2, -0.15) is 4.98 Å². The van der Waals surface area contributed by atoms with Crippen LogP contribution in [0.1, 0.15) is 44.8 Å². The minimum atomic E-state index is -0.217. The Bertz CT molecular complexity index is 1360. The number of aromatic nitrogens is 2. The van der Waals surface area contributed by atoms with Gasteiger partial charge in [0.25, 0.3) is 11.1 Å². The van der Waals surface area contributed by atoms with Gasteiger partial charge in [0.05, 0.1) is 11.3 Å². The number of carbonyl (C=O) groups is 2. The monoisotopic (exact) mass is 518 g/mol. The van der Waals surface area contributed by atoms with E-state index in [0.717, 1.165) is 47.9 Å². The van der Waals surface area contributed by atoms with Crippen molar-refractivity contribution in [1.82, 2.24) is 15.5 Å². The third-order valence-electron chi connectivity index (χ3n) is 5.99. The molecule has 2 heterocycles. The second-order valence-corrected chi connectivity index (χ2v) is 10.7. The van der Waals surface area contributed by atoms with E-state index in [1.54, 1.807) is 0 Å². The van der Waals surface area contributed by atoms with Crippen molar-refractivity contribution in [2.24, 2.45) is 0 Å². The molecule has 0 bridgehead atoms. The summed E-state index contributed by atoms with van der Waals surface area (Å²) in [5.41, 5.74) is 4.71. The molecule has 184 valence electrons.